The predicted octanol–water partition coefficient (Wildman–Crippen LogP) is 2.67. The molecule has 0 aromatic carbocycles. The van der Waals surface area contributed by atoms with E-state index in [1.54, 1.807) is 11.3 Å². The summed E-state index contributed by atoms with van der Waals surface area (Å²) in [6.07, 6.45) is -5.05. The SMILES string of the molecule is CN1CC(=O)N(c2ccsc2)CC12CCN(Cc1cnn(C)c1)C2.O=C(O)C(F)(F)F.O=C(O)C(F)(F)F. The first kappa shape index (κ1) is 31.0. The van der Waals surface area contributed by atoms with E-state index < -0.39 is 24.3 Å². The van der Waals surface area contributed by atoms with E-state index in [4.69, 9.17) is 19.8 Å². The zero-order chi connectivity index (χ0) is 28.9. The van der Waals surface area contributed by atoms with Crippen molar-refractivity contribution in [1.82, 2.24) is 19.6 Å². The van der Waals surface area contributed by atoms with Crippen molar-refractivity contribution >= 4 is 34.9 Å². The van der Waals surface area contributed by atoms with Crippen LogP contribution in [0.4, 0.5) is 32.0 Å². The fourth-order valence-corrected chi connectivity index (χ4v) is 4.57. The minimum absolute atomic E-state index is 0.0536. The van der Waals surface area contributed by atoms with Crippen molar-refractivity contribution in [2.24, 2.45) is 7.05 Å². The molecule has 2 fully saturated rings. The molecule has 2 aliphatic rings. The zero-order valence-electron chi connectivity index (χ0n) is 20.2. The fraction of sp³-hybridized carbons (Fsp3) is 0.524. The summed E-state index contributed by atoms with van der Waals surface area (Å²) in [5, 5.41) is 22.6. The monoisotopic (exact) mass is 573 g/mol. The number of hydrogen-bond donors (Lipinski definition) is 2. The maximum atomic E-state index is 12.5. The Morgan fingerprint density at radius 1 is 1.08 bits per heavy atom. The van der Waals surface area contributed by atoms with E-state index in [9.17, 15) is 31.1 Å². The van der Waals surface area contributed by atoms with E-state index in [1.807, 2.05) is 34.3 Å². The Labute approximate surface area is 216 Å². The van der Waals surface area contributed by atoms with E-state index in [2.05, 4.69) is 33.5 Å². The highest BCUT2D eigenvalue weighted by atomic mass is 32.1. The number of carboxylic acid groups (broad SMARTS) is 2. The van der Waals surface area contributed by atoms with Crippen LogP contribution in [-0.2, 0) is 28.0 Å². The second-order valence-corrected chi connectivity index (χ2v) is 9.41. The maximum Gasteiger partial charge on any atom is 0.490 e. The Morgan fingerprint density at radius 3 is 2.11 bits per heavy atom. The van der Waals surface area contributed by atoms with Crippen molar-refractivity contribution in [3.63, 3.8) is 0 Å². The van der Waals surface area contributed by atoms with Crippen molar-refractivity contribution in [2.45, 2.75) is 30.9 Å². The minimum atomic E-state index is -5.08. The Morgan fingerprint density at radius 2 is 1.66 bits per heavy atom. The second-order valence-electron chi connectivity index (χ2n) is 8.63. The van der Waals surface area contributed by atoms with E-state index in [1.165, 1.54) is 5.56 Å². The van der Waals surface area contributed by atoms with Gasteiger partial charge in [-0.2, -0.15) is 42.8 Å². The fourth-order valence-electron chi connectivity index (χ4n) is 3.93. The molecular formula is C21H25F6N5O5S. The maximum absolute atomic E-state index is 12.5. The van der Waals surface area contributed by atoms with Gasteiger partial charge in [0.05, 0.1) is 24.0 Å². The van der Waals surface area contributed by atoms with Crippen LogP contribution in [0.1, 0.15) is 12.0 Å². The van der Waals surface area contributed by atoms with Gasteiger partial charge in [0.1, 0.15) is 0 Å². The second kappa shape index (κ2) is 12.1. The predicted molar refractivity (Wildman–Crippen MR) is 123 cm³/mol. The molecule has 0 bridgehead atoms. The van der Waals surface area contributed by atoms with Gasteiger partial charge < -0.3 is 15.1 Å². The first-order valence-electron chi connectivity index (χ1n) is 10.8. The van der Waals surface area contributed by atoms with Crippen LogP contribution >= 0.6 is 11.3 Å². The van der Waals surface area contributed by atoms with Gasteiger partial charge in [0.25, 0.3) is 0 Å². The number of alkyl halides is 6. The van der Waals surface area contributed by atoms with Crippen LogP contribution in [0.25, 0.3) is 0 Å². The Bertz CT molecular complexity index is 1080. The number of carbonyl (C=O) groups excluding carboxylic acids is 1. The van der Waals surface area contributed by atoms with Gasteiger partial charge in [0.2, 0.25) is 5.91 Å². The van der Waals surface area contributed by atoms with Gasteiger partial charge >= 0.3 is 24.3 Å². The average Bonchev–Trinajstić information content (AvgIpc) is 3.53. The van der Waals surface area contributed by atoms with Crippen molar-refractivity contribution < 1.29 is 50.9 Å². The number of rotatable bonds is 3. The van der Waals surface area contributed by atoms with E-state index in [-0.39, 0.29) is 11.4 Å². The number of amides is 1. The van der Waals surface area contributed by atoms with Crippen molar-refractivity contribution in [3.8, 4) is 0 Å². The van der Waals surface area contributed by atoms with Gasteiger partial charge in [-0.25, -0.2) is 9.59 Å². The van der Waals surface area contributed by atoms with Crippen molar-refractivity contribution in [1.29, 1.82) is 0 Å². The molecule has 2 N–H and O–H groups in total. The Balaban J connectivity index is 0.000000301. The van der Waals surface area contributed by atoms with E-state index >= 15 is 0 Å². The molecule has 1 atom stereocenters. The number of carboxylic acids is 2. The first-order chi connectivity index (χ1) is 17.4. The summed E-state index contributed by atoms with van der Waals surface area (Å²) in [5.74, 6) is -5.31. The number of carbonyl (C=O) groups is 3. The van der Waals surface area contributed by atoms with Gasteiger partial charge in [0, 0.05) is 50.4 Å². The van der Waals surface area contributed by atoms with Crippen LogP contribution in [0.3, 0.4) is 0 Å². The normalized spacial score (nSPS) is 20.5. The summed E-state index contributed by atoms with van der Waals surface area (Å²) in [5.41, 5.74) is 2.35. The molecule has 2 aromatic heterocycles. The lowest BCUT2D eigenvalue weighted by atomic mass is 9.93. The molecule has 2 aromatic rings. The van der Waals surface area contributed by atoms with Crippen molar-refractivity contribution in [2.75, 3.05) is 38.1 Å². The molecule has 0 saturated carbocycles. The molecule has 1 amide bonds. The van der Waals surface area contributed by atoms with Crippen LogP contribution in [0, 0.1) is 0 Å². The van der Waals surface area contributed by atoms with Gasteiger partial charge in [-0.15, -0.1) is 0 Å². The van der Waals surface area contributed by atoms with Crippen LogP contribution in [0.15, 0.2) is 29.2 Å². The van der Waals surface area contributed by atoms with Crippen LogP contribution in [-0.4, -0.2) is 98.8 Å². The Kier molecular flexibility index (Phi) is 9.90. The summed E-state index contributed by atoms with van der Waals surface area (Å²) >= 11 is 1.64. The smallest absolute Gasteiger partial charge is 0.475 e. The third-order valence-electron chi connectivity index (χ3n) is 5.81. The molecule has 2 saturated heterocycles. The van der Waals surface area contributed by atoms with Gasteiger partial charge in [0.15, 0.2) is 0 Å². The third-order valence-corrected chi connectivity index (χ3v) is 6.49. The topological polar surface area (TPSA) is 119 Å². The number of piperazine rings is 1. The van der Waals surface area contributed by atoms with Gasteiger partial charge in [-0.1, -0.05) is 0 Å². The van der Waals surface area contributed by atoms with E-state index in [0.717, 1.165) is 38.3 Å². The molecule has 10 nitrogen and oxygen atoms in total. The number of likely N-dealkylation sites (N-methyl/N-ethyl adjacent to an activating group) is 1. The highest BCUT2D eigenvalue weighted by Gasteiger charge is 2.47. The molecule has 38 heavy (non-hydrogen) atoms. The molecule has 0 radical (unpaired) electrons. The number of likely N-dealkylation sites (tertiary alicyclic amines) is 1. The molecule has 2 aliphatic heterocycles. The van der Waals surface area contributed by atoms with Crippen LogP contribution in [0.2, 0.25) is 0 Å². The number of halogens is 6. The number of aliphatic carboxylic acids is 2. The number of aromatic nitrogens is 2. The van der Waals surface area contributed by atoms with Gasteiger partial charge in [-0.3, -0.25) is 19.3 Å². The number of thiophene rings is 1. The lowest BCUT2D eigenvalue weighted by Crippen LogP contribution is -2.64. The highest BCUT2D eigenvalue weighted by Crippen LogP contribution is 2.34. The average molecular weight is 574 g/mol. The number of anilines is 1. The lowest BCUT2D eigenvalue weighted by molar-refractivity contribution is -0.193. The summed E-state index contributed by atoms with van der Waals surface area (Å²) in [6, 6.07) is 2.05. The van der Waals surface area contributed by atoms with Crippen molar-refractivity contribution in [3.05, 3.63) is 34.8 Å². The third kappa shape index (κ3) is 8.42. The van der Waals surface area contributed by atoms with Crippen LogP contribution in [0.5, 0.6) is 0 Å². The Hall–Kier alpha value is -3.18. The molecule has 4 heterocycles. The summed E-state index contributed by atoms with van der Waals surface area (Å²) < 4.78 is 65.3. The number of hydrogen-bond acceptors (Lipinski definition) is 7. The minimum Gasteiger partial charge on any atom is -0.475 e. The first-order valence-corrected chi connectivity index (χ1v) is 11.7. The van der Waals surface area contributed by atoms with Crippen LogP contribution < -0.4 is 4.90 Å². The van der Waals surface area contributed by atoms with Gasteiger partial charge in [-0.05, 0) is 24.9 Å². The molecule has 0 aliphatic carbocycles. The quantitative estimate of drug-likeness (QED) is 0.539. The molecule has 1 spiro atoms. The standard InChI is InChI=1S/C17H23N5OS.2C2HF3O2/c1-19-10-16(23)22(15-3-6-24-11-15)13-17(19)4-5-21(12-17)9-14-7-18-20(2)8-14;2*3-2(4,5)1(6)7/h3,6-8,11H,4-5,9-10,12-13H2,1-2H3;2*(H,6,7). The van der Waals surface area contributed by atoms with E-state index in [0.29, 0.717) is 6.54 Å². The zero-order valence-corrected chi connectivity index (χ0v) is 21.0. The number of aryl methyl sites for hydroxylation is 1. The lowest BCUT2D eigenvalue weighted by Gasteiger charge is -2.46. The summed E-state index contributed by atoms with van der Waals surface area (Å²) in [6.45, 7) is 4.26. The summed E-state index contributed by atoms with van der Waals surface area (Å²) in [4.78, 5) is 37.0. The molecule has 4 rings (SSSR count). The molecule has 212 valence electrons. The molecule has 1 unspecified atom stereocenters. The summed E-state index contributed by atoms with van der Waals surface area (Å²) in [7, 11) is 4.05. The molecular weight excluding hydrogens is 548 g/mol. The molecule has 17 heteroatoms. The number of nitrogens with zero attached hydrogens (tertiary/aromatic N) is 5. The largest absolute Gasteiger partial charge is 0.490 e. The highest BCUT2D eigenvalue weighted by molar-refractivity contribution is 7.08.